The number of benzene rings is 2. The van der Waals surface area contributed by atoms with Gasteiger partial charge in [-0.25, -0.2) is 4.79 Å². The summed E-state index contributed by atoms with van der Waals surface area (Å²) in [6.07, 6.45) is 0. The number of anilines is 2. The first-order valence-corrected chi connectivity index (χ1v) is 6.96. The van der Waals surface area contributed by atoms with Crippen LogP contribution in [0.2, 0.25) is 0 Å². The molecule has 1 heterocycles. The van der Waals surface area contributed by atoms with E-state index in [-0.39, 0.29) is 5.69 Å². The summed E-state index contributed by atoms with van der Waals surface area (Å²) in [5, 5.41) is 20.9. The highest BCUT2D eigenvalue weighted by molar-refractivity contribution is 9.10. The van der Waals surface area contributed by atoms with Crippen molar-refractivity contribution < 1.29 is 9.90 Å². The molecule has 0 aliphatic carbocycles. The number of nitrogens with one attached hydrogen (secondary N) is 1. The van der Waals surface area contributed by atoms with Gasteiger partial charge in [-0.3, -0.25) is 0 Å². The molecule has 0 unspecified atom stereocenters. The van der Waals surface area contributed by atoms with E-state index in [1.807, 2.05) is 42.5 Å². The van der Waals surface area contributed by atoms with Gasteiger partial charge >= 0.3 is 5.97 Å². The number of aromatic nitrogens is 2. The van der Waals surface area contributed by atoms with Crippen molar-refractivity contribution in [2.45, 2.75) is 0 Å². The van der Waals surface area contributed by atoms with Crippen molar-refractivity contribution in [2.24, 2.45) is 0 Å². The second kappa shape index (κ2) is 5.49. The van der Waals surface area contributed by atoms with Gasteiger partial charge in [0, 0.05) is 15.5 Å². The average Bonchev–Trinajstić information content (AvgIpc) is 2.49. The number of hydrogen-bond donors (Lipinski definition) is 2. The first kappa shape index (κ1) is 13.5. The highest BCUT2D eigenvalue weighted by atomic mass is 79.9. The number of rotatable bonds is 3. The van der Waals surface area contributed by atoms with Gasteiger partial charge in [0.25, 0.3) is 0 Å². The monoisotopic (exact) mass is 343 g/mol. The van der Waals surface area contributed by atoms with Gasteiger partial charge in [0.2, 0.25) is 0 Å². The maximum Gasteiger partial charge on any atom is 0.358 e. The minimum Gasteiger partial charge on any atom is -0.476 e. The predicted octanol–water partition coefficient (Wildman–Crippen LogP) is 3.83. The van der Waals surface area contributed by atoms with Crippen LogP contribution >= 0.6 is 15.9 Å². The first-order chi connectivity index (χ1) is 10.1. The normalized spacial score (nSPS) is 10.5. The Balaban J connectivity index is 2.16. The summed E-state index contributed by atoms with van der Waals surface area (Å²) in [4.78, 5) is 11.4. The highest BCUT2D eigenvalue weighted by Gasteiger charge is 2.16. The summed E-state index contributed by atoms with van der Waals surface area (Å²) in [7, 11) is 0. The van der Waals surface area contributed by atoms with Crippen LogP contribution in [0.3, 0.4) is 0 Å². The zero-order chi connectivity index (χ0) is 14.8. The van der Waals surface area contributed by atoms with Gasteiger partial charge in [-0.2, -0.15) is 0 Å². The Kier molecular flexibility index (Phi) is 3.53. The second-order valence-corrected chi connectivity index (χ2v) is 5.29. The Morgan fingerprint density at radius 3 is 2.48 bits per heavy atom. The van der Waals surface area contributed by atoms with Gasteiger partial charge in [0.15, 0.2) is 5.69 Å². The molecule has 0 fully saturated rings. The van der Waals surface area contributed by atoms with Crippen molar-refractivity contribution >= 4 is 44.2 Å². The minimum absolute atomic E-state index is 0.100. The van der Waals surface area contributed by atoms with Crippen LogP contribution in [0.25, 0.3) is 10.9 Å². The van der Waals surface area contributed by atoms with Crippen molar-refractivity contribution in [2.75, 3.05) is 5.32 Å². The molecule has 0 aliphatic rings. The molecule has 0 spiro atoms. The molecule has 2 aromatic carbocycles. The lowest BCUT2D eigenvalue weighted by Crippen LogP contribution is -2.08. The molecule has 0 bridgehead atoms. The van der Waals surface area contributed by atoms with E-state index in [1.54, 1.807) is 6.07 Å². The van der Waals surface area contributed by atoms with E-state index in [1.165, 1.54) is 0 Å². The number of carbonyl (C=O) groups is 1. The number of halogens is 1. The third kappa shape index (κ3) is 2.71. The topological polar surface area (TPSA) is 75.1 Å². The molecule has 0 saturated carbocycles. The molecule has 1 aromatic heterocycles. The van der Waals surface area contributed by atoms with Crippen LogP contribution in [-0.2, 0) is 0 Å². The van der Waals surface area contributed by atoms with Crippen LogP contribution in [0.1, 0.15) is 10.5 Å². The highest BCUT2D eigenvalue weighted by Crippen LogP contribution is 2.28. The van der Waals surface area contributed by atoms with E-state index in [2.05, 4.69) is 31.4 Å². The number of aromatic carboxylic acids is 1. The maximum atomic E-state index is 11.4. The molecule has 6 heteroatoms. The minimum atomic E-state index is -1.12. The molecule has 21 heavy (non-hydrogen) atoms. The fourth-order valence-electron chi connectivity index (χ4n) is 2.01. The summed E-state index contributed by atoms with van der Waals surface area (Å²) < 4.78 is 0.948. The zero-order valence-electron chi connectivity index (χ0n) is 10.7. The molecule has 3 aromatic rings. The standard InChI is InChI=1S/C15H10BrN3O2/c16-9-5-7-10(8-6-9)17-13-11-3-1-2-4-12(11)18-19-14(13)15(20)21/h1-8H,(H,17,18)(H,20,21). The van der Waals surface area contributed by atoms with Crippen molar-refractivity contribution in [3.63, 3.8) is 0 Å². The quantitative estimate of drug-likeness (QED) is 0.755. The van der Waals surface area contributed by atoms with Crippen molar-refractivity contribution in [3.05, 3.63) is 58.7 Å². The zero-order valence-corrected chi connectivity index (χ0v) is 12.3. The fraction of sp³-hybridized carbons (Fsp3) is 0. The summed E-state index contributed by atoms with van der Waals surface area (Å²) >= 11 is 3.36. The van der Waals surface area contributed by atoms with Gasteiger partial charge in [-0.05, 0) is 30.3 Å². The van der Waals surface area contributed by atoms with E-state index in [0.717, 1.165) is 10.2 Å². The van der Waals surface area contributed by atoms with Crippen LogP contribution in [0.15, 0.2) is 53.0 Å². The van der Waals surface area contributed by atoms with E-state index in [0.29, 0.717) is 16.6 Å². The Morgan fingerprint density at radius 2 is 1.76 bits per heavy atom. The number of nitrogens with zero attached hydrogens (tertiary/aromatic N) is 2. The summed E-state index contributed by atoms with van der Waals surface area (Å²) in [6, 6.07) is 14.7. The molecule has 0 saturated heterocycles. The van der Waals surface area contributed by atoms with E-state index >= 15 is 0 Å². The van der Waals surface area contributed by atoms with E-state index in [9.17, 15) is 9.90 Å². The van der Waals surface area contributed by atoms with Crippen LogP contribution in [0.5, 0.6) is 0 Å². The lowest BCUT2D eigenvalue weighted by Gasteiger charge is -2.11. The summed E-state index contributed by atoms with van der Waals surface area (Å²) in [5.74, 6) is -1.12. The Bertz CT molecular complexity index is 819. The third-order valence-electron chi connectivity index (χ3n) is 2.98. The molecule has 0 amide bonds. The van der Waals surface area contributed by atoms with Crippen LogP contribution < -0.4 is 5.32 Å². The molecule has 3 rings (SSSR count). The number of hydrogen-bond acceptors (Lipinski definition) is 4. The fourth-order valence-corrected chi connectivity index (χ4v) is 2.27. The van der Waals surface area contributed by atoms with Gasteiger partial charge in [0.1, 0.15) is 0 Å². The Labute approximate surface area is 128 Å². The average molecular weight is 344 g/mol. The smallest absolute Gasteiger partial charge is 0.358 e. The number of fused-ring (bicyclic) bond motifs is 1. The maximum absolute atomic E-state index is 11.4. The lowest BCUT2D eigenvalue weighted by atomic mass is 10.1. The molecule has 0 atom stereocenters. The summed E-state index contributed by atoms with van der Waals surface area (Å²) in [5.41, 5.74) is 1.76. The van der Waals surface area contributed by atoms with E-state index < -0.39 is 5.97 Å². The number of carboxylic acid groups (broad SMARTS) is 1. The molecule has 2 N–H and O–H groups in total. The van der Waals surface area contributed by atoms with E-state index in [4.69, 9.17) is 0 Å². The van der Waals surface area contributed by atoms with Crippen molar-refractivity contribution in [3.8, 4) is 0 Å². The molecular weight excluding hydrogens is 334 g/mol. The van der Waals surface area contributed by atoms with Crippen LogP contribution in [-0.4, -0.2) is 21.3 Å². The number of carboxylic acids is 1. The molecule has 104 valence electrons. The molecular formula is C15H10BrN3O2. The Hall–Kier alpha value is -2.47. The van der Waals surface area contributed by atoms with Crippen molar-refractivity contribution in [1.82, 2.24) is 10.2 Å². The lowest BCUT2D eigenvalue weighted by molar-refractivity contribution is 0.0690. The second-order valence-electron chi connectivity index (χ2n) is 4.38. The van der Waals surface area contributed by atoms with Crippen LogP contribution in [0, 0.1) is 0 Å². The predicted molar refractivity (Wildman–Crippen MR) is 83.9 cm³/mol. The van der Waals surface area contributed by atoms with Gasteiger partial charge in [-0.1, -0.05) is 34.1 Å². The summed E-state index contributed by atoms with van der Waals surface area (Å²) in [6.45, 7) is 0. The SMILES string of the molecule is O=C(O)c1nnc2ccccc2c1Nc1ccc(Br)cc1. The Morgan fingerprint density at radius 1 is 1.05 bits per heavy atom. The first-order valence-electron chi connectivity index (χ1n) is 6.16. The molecule has 5 nitrogen and oxygen atoms in total. The largest absolute Gasteiger partial charge is 0.476 e. The van der Waals surface area contributed by atoms with Crippen LogP contribution in [0.4, 0.5) is 11.4 Å². The molecule has 0 aliphatic heterocycles. The van der Waals surface area contributed by atoms with Crippen molar-refractivity contribution in [1.29, 1.82) is 0 Å². The van der Waals surface area contributed by atoms with Gasteiger partial charge in [0.05, 0.1) is 11.2 Å². The third-order valence-corrected chi connectivity index (χ3v) is 3.51. The molecule has 0 radical (unpaired) electrons. The van der Waals surface area contributed by atoms with Gasteiger partial charge in [-0.15, -0.1) is 10.2 Å². The van der Waals surface area contributed by atoms with Gasteiger partial charge < -0.3 is 10.4 Å².